The Labute approximate surface area is 250 Å². The molecule has 1 aliphatic carbocycles. The Hall–Kier alpha value is -3.14. The van der Waals surface area contributed by atoms with Crippen molar-refractivity contribution in [2.45, 2.75) is 117 Å². The topological polar surface area (TPSA) is 117 Å². The Bertz CT molecular complexity index is 1140. The van der Waals surface area contributed by atoms with Crippen molar-refractivity contribution < 1.29 is 28.7 Å². The van der Waals surface area contributed by atoms with Crippen LogP contribution in [0, 0.1) is 5.41 Å². The Morgan fingerprint density at radius 3 is 2.38 bits per heavy atom. The number of nitrogens with one attached hydrogen (secondary N) is 2. The summed E-state index contributed by atoms with van der Waals surface area (Å²) in [4.78, 5) is 56.6. The molecule has 234 valence electrons. The van der Waals surface area contributed by atoms with Gasteiger partial charge in [0.2, 0.25) is 17.7 Å². The van der Waals surface area contributed by atoms with E-state index >= 15 is 0 Å². The van der Waals surface area contributed by atoms with Crippen LogP contribution in [0.5, 0.6) is 0 Å². The molecule has 0 radical (unpaired) electrons. The van der Waals surface area contributed by atoms with E-state index in [9.17, 15) is 19.2 Å². The zero-order chi connectivity index (χ0) is 31.4. The summed E-state index contributed by atoms with van der Waals surface area (Å²) < 4.78 is 11.3. The summed E-state index contributed by atoms with van der Waals surface area (Å²) in [5.74, 6) is -1.06. The zero-order valence-corrected chi connectivity index (χ0v) is 26.8. The van der Waals surface area contributed by atoms with Gasteiger partial charge in [-0.1, -0.05) is 45.0 Å². The predicted octanol–water partition coefficient (Wildman–Crippen LogP) is 3.97. The van der Waals surface area contributed by atoms with Gasteiger partial charge >= 0.3 is 6.09 Å². The first-order valence-corrected chi connectivity index (χ1v) is 15.1. The highest BCUT2D eigenvalue weighted by Crippen LogP contribution is 2.32. The van der Waals surface area contributed by atoms with Crippen molar-refractivity contribution in [3.05, 3.63) is 35.4 Å². The van der Waals surface area contributed by atoms with Crippen LogP contribution in [0.4, 0.5) is 4.79 Å². The molecule has 5 atom stereocenters. The van der Waals surface area contributed by atoms with Crippen LogP contribution < -0.4 is 10.6 Å². The van der Waals surface area contributed by atoms with Gasteiger partial charge in [0, 0.05) is 26.6 Å². The number of likely N-dealkylation sites (tertiary alicyclic amines) is 1. The number of ether oxygens (including phenoxy) is 2. The largest absolute Gasteiger partial charge is 0.444 e. The van der Waals surface area contributed by atoms with E-state index in [4.69, 9.17) is 9.47 Å². The minimum atomic E-state index is -0.939. The second-order valence-corrected chi connectivity index (χ2v) is 13.5. The lowest BCUT2D eigenvalue weighted by molar-refractivity contribution is -0.144. The van der Waals surface area contributed by atoms with Crippen molar-refractivity contribution in [3.63, 3.8) is 0 Å². The number of hydrogen-bond donors (Lipinski definition) is 2. The molecular weight excluding hydrogens is 536 g/mol. The van der Waals surface area contributed by atoms with E-state index in [1.54, 1.807) is 32.6 Å². The van der Waals surface area contributed by atoms with Gasteiger partial charge in [-0.05, 0) is 70.4 Å². The zero-order valence-electron chi connectivity index (χ0n) is 26.8. The van der Waals surface area contributed by atoms with Crippen LogP contribution in [-0.4, -0.2) is 83.6 Å². The first-order valence-electron chi connectivity index (χ1n) is 15.1. The van der Waals surface area contributed by atoms with Crippen molar-refractivity contribution in [3.8, 4) is 0 Å². The number of likely N-dealkylation sites (N-methyl/N-ethyl adjacent to an activating group) is 1. The number of benzene rings is 1. The van der Waals surface area contributed by atoms with E-state index in [1.165, 1.54) is 17.5 Å². The molecule has 0 saturated carbocycles. The molecule has 2 N–H and O–H groups in total. The maximum absolute atomic E-state index is 14.2. The van der Waals surface area contributed by atoms with Gasteiger partial charge in [0.05, 0.1) is 12.1 Å². The smallest absolute Gasteiger partial charge is 0.410 e. The highest BCUT2D eigenvalue weighted by atomic mass is 16.6. The molecule has 1 heterocycles. The number of aryl methyl sites for hydroxylation is 1. The SMILES string of the molecule is CCO[C@H]1C[C@@H](C(=O)N[C@@H]2CCCc3ccccc32)N(C(=O)[C@@H](NC(=O)[C@H](C)N(C)C(=O)OC(C)(C)C)C(C)(C)C)C1. The standard InChI is InChI=1S/C32H50N4O6/c1-10-41-22-18-25(28(38)33-24-17-13-15-21-14-11-12-16-23(21)24)36(19-22)29(39)26(31(3,4)5)34-27(37)20(2)35(9)30(40)42-32(6,7)8/h11-12,14,16,20,22,24-26H,10,13,15,17-19H2,1-9H3,(H,33,38)(H,34,37)/t20-,22-,24+,25-,26+/m0/s1. The minimum absolute atomic E-state index is 0.118. The van der Waals surface area contributed by atoms with E-state index < -0.39 is 41.1 Å². The molecule has 0 bridgehead atoms. The Kier molecular flexibility index (Phi) is 10.7. The molecule has 0 spiro atoms. The summed E-state index contributed by atoms with van der Waals surface area (Å²) in [6.45, 7) is 15.0. The summed E-state index contributed by atoms with van der Waals surface area (Å²) in [5, 5.41) is 6.09. The average molecular weight is 587 g/mol. The summed E-state index contributed by atoms with van der Waals surface area (Å²) in [6.07, 6.45) is 2.25. The predicted molar refractivity (Wildman–Crippen MR) is 161 cm³/mol. The van der Waals surface area contributed by atoms with Crippen LogP contribution in [0.2, 0.25) is 0 Å². The van der Waals surface area contributed by atoms with E-state index in [2.05, 4.69) is 22.8 Å². The number of carbonyl (C=O) groups is 4. The molecule has 1 aromatic rings. The lowest BCUT2D eigenvalue weighted by Gasteiger charge is -2.37. The van der Waals surface area contributed by atoms with Gasteiger partial charge in [-0.25, -0.2) is 4.79 Å². The molecule has 1 saturated heterocycles. The molecule has 1 aliphatic heterocycles. The number of fused-ring (bicyclic) bond motifs is 1. The molecule has 4 amide bonds. The lowest BCUT2D eigenvalue weighted by atomic mass is 9.85. The number of rotatable bonds is 8. The van der Waals surface area contributed by atoms with Gasteiger partial charge in [0.15, 0.2) is 0 Å². The third-order valence-corrected chi connectivity index (χ3v) is 7.98. The quantitative estimate of drug-likeness (QED) is 0.476. The molecule has 3 rings (SSSR count). The van der Waals surface area contributed by atoms with E-state index in [1.807, 2.05) is 39.8 Å². The number of nitrogens with zero attached hydrogens (tertiary/aromatic N) is 2. The summed E-state index contributed by atoms with van der Waals surface area (Å²) in [6, 6.07) is 5.48. The van der Waals surface area contributed by atoms with Crippen LogP contribution in [0.3, 0.4) is 0 Å². The van der Waals surface area contributed by atoms with E-state index in [0.29, 0.717) is 13.0 Å². The molecule has 10 nitrogen and oxygen atoms in total. The van der Waals surface area contributed by atoms with Gasteiger partial charge in [-0.15, -0.1) is 0 Å². The van der Waals surface area contributed by atoms with Gasteiger partial charge < -0.3 is 25.0 Å². The Balaban J connectivity index is 1.80. The lowest BCUT2D eigenvalue weighted by Crippen LogP contribution is -2.60. The monoisotopic (exact) mass is 586 g/mol. The second kappa shape index (κ2) is 13.4. The van der Waals surface area contributed by atoms with E-state index in [0.717, 1.165) is 24.8 Å². The third-order valence-electron chi connectivity index (χ3n) is 7.98. The Morgan fingerprint density at radius 2 is 1.76 bits per heavy atom. The first kappa shape index (κ1) is 33.4. The van der Waals surface area contributed by atoms with Crippen molar-refractivity contribution >= 4 is 23.8 Å². The highest BCUT2D eigenvalue weighted by Gasteiger charge is 2.46. The van der Waals surface area contributed by atoms with Gasteiger partial charge in [0.25, 0.3) is 0 Å². The van der Waals surface area contributed by atoms with Crippen LogP contribution in [-0.2, 0) is 30.3 Å². The Morgan fingerprint density at radius 1 is 1.10 bits per heavy atom. The van der Waals surface area contributed by atoms with Gasteiger partial charge in [-0.3, -0.25) is 19.3 Å². The van der Waals surface area contributed by atoms with Crippen molar-refractivity contribution in [2.24, 2.45) is 5.41 Å². The summed E-state index contributed by atoms with van der Waals surface area (Å²) in [7, 11) is 1.49. The van der Waals surface area contributed by atoms with Gasteiger partial charge in [-0.2, -0.15) is 0 Å². The normalized spacial score (nSPS) is 22.0. The fourth-order valence-electron chi connectivity index (χ4n) is 5.56. The second-order valence-electron chi connectivity index (χ2n) is 13.5. The molecular formula is C32H50N4O6. The minimum Gasteiger partial charge on any atom is -0.444 e. The molecule has 0 unspecified atom stereocenters. The fourth-order valence-corrected chi connectivity index (χ4v) is 5.56. The molecule has 2 aliphatic rings. The number of carbonyl (C=O) groups excluding carboxylic acids is 4. The van der Waals surface area contributed by atoms with Gasteiger partial charge in [0.1, 0.15) is 23.7 Å². The third kappa shape index (κ3) is 8.24. The van der Waals surface area contributed by atoms with Crippen molar-refractivity contribution in [1.82, 2.24) is 20.4 Å². The average Bonchev–Trinajstić information content (AvgIpc) is 3.33. The van der Waals surface area contributed by atoms with Crippen LogP contribution in [0.1, 0.15) is 91.8 Å². The maximum atomic E-state index is 14.2. The summed E-state index contributed by atoms with van der Waals surface area (Å²) >= 11 is 0. The maximum Gasteiger partial charge on any atom is 0.410 e. The molecule has 10 heteroatoms. The molecule has 0 aromatic heterocycles. The molecule has 42 heavy (non-hydrogen) atoms. The number of amides is 4. The van der Waals surface area contributed by atoms with Crippen molar-refractivity contribution in [1.29, 1.82) is 0 Å². The fraction of sp³-hybridized carbons (Fsp3) is 0.688. The molecule has 1 aromatic carbocycles. The van der Waals surface area contributed by atoms with Crippen LogP contribution in [0.15, 0.2) is 24.3 Å². The number of hydrogen-bond acceptors (Lipinski definition) is 6. The van der Waals surface area contributed by atoms with Crippen LogP contribution in [0.25, 0.3) is 0 Å². The van der Waals surface area contributed by atoms with Crippen molar-refractivity contribution in [2.75, 3.05) is 20.2 Å². The highest BCUT2D eigenvalue weighted by molar-refractivity contribution is 5.94. The van der Waals surface area contributed by atoms with Crippen LogP contribution >= 0.6 is 0 Å². The molecule has 1 fully saturated rings. The summed E-state index contributed by atoms with van der Waals surface area (Å²) in [5.41, 5.74) is 0.969. The first-order chi connectivity index (χ1) is 19.5. The van der Waals surface area contributed by atoms with E-state index in [-0.39, 0.29) is 30.5 Å².